The van der Waals surface area contributed by atoms with E-state index in [4.69, 9.17) is 9.97 Å². The topological polar surface area (TPSA) is 25.8 Å². The molecule has 0 aliphatic heterocycles. The summed E-state index contributed by atoms with van der Waals surface area (Å²) < 4.78 is 0. The van der Waals surface area contributed by atoms with Crippen LogP contribution < -0.4 is 0 Å². The Morgan fingerprint density at radius 3 is 1.76 bits per heavy atom. The first-order valence-corrected chi connectivity index (χ1v) is 9.78. The third kappa shape index (κ3) is 3.30. The molecule has 0 spiro atoms. The molecule has 0 aliphatic carbocycles. The number of fused-ring (bicyclic) bond motifs is 1. The standard InChI is InChI=1S/C27H20N2/c1-19-28-25-14-8-13-24(26(25)27(29-19)23-11-6-3-7-12-23)22-17-15-21(16-18-22)20-9-4-2-5-10-20/h2-18H,1H3. The highest BCUT2D eigenvalue weighted by Crippen LogP contribution is 2.35. The molecule has 138 valence electrons. The average Bonchev–Trinajstić information content (AvgIpc) is 2.79. The van der Waals surface area contributed by atoms with Gasteiger partial charge in [-0.2, -0.15) is 0 Å². The highest BCUT2D eigenvalue weighted by atomic mass is 14.9. The third-order valence-electron chi connectivity index (χ3n) is 5.19. The lowest BCUT2D eigenvalue weighted by molar-refractivity contribution is 1.10. The normalized spacial score (nSPS) is 10.9. The summed E-state index contributed by atoms with van der Waals surface area (Å²) in [4.78, 5) is 9.51. The van der Waals surface area contributed by atoms with Crippen molar-refractivity contribution in [2.45, 2.75) is 6.92 Å². The van der Waals surface area contributed by atoms with E-state index in [1.165, 1.54) is 16.7 Å². The van der Waals surface area contributed by atoms with Gasteiger partial charge in [-0.05, 0) is 35.2 Å². The van der Waals surface area contributed by atoms with Crippen LogP contribution in [0.3, 0.4) is 0 Å². The van der Waals surface area contributed by atoms with Gasteiger partial charge in [0.15, 0.2) is 0 Å². The Hall–Kier alpha value is -3.78. The molecule has 0 N–H and O–H groups in total. The maximum atomic E-state index is 4.81. The lowest BCUT2D eigenvalue weighted by atomic mass is 9.95. The van der Waals surface area contributed by atoms with Crippen LogP contribution >= 0.6 is 0 Å². The Morgan fingerprint density at radius 1 is 0.483 bits per heavy atom. The summed E-state index contributed by atoms with van der Waals surface area (Å²) in [5.41, 5.74) is 7.82. The second-order valence-electron chi connectivity index (χ2n) is 7.13. The largest absolute Gasteiger partial charge is 0.233 e. The van der Waals surface area contributed by atoms with Crippen molar-refractivity contribution in [2.24, 2.45) is 0 Å². The molecular formula is C27H20N2. The van der Waals surface area contributed by atoms with Gasteiger partial charge in [0.05, 0.1) is 11.2 Å². The minimum absolute atomic E-state index is 0.785. The van der Waals surface area contributed by atoms with Crippen molar-refractivity contribution in [1.29, 1.82) is 0 Å². The zero-order chi connectivity index (χ0) is 19.6. The summed E-state index contributed by atoms with van der Waals surface area (Å²) >= 11 is 0. The number of rotatable bonds is 3. The maximum absolute atomic E-state index is 4.81. The van der Waals surface area contributed by atoms with Gasteiger partial charge in [0.2, 0.25) is 0 Å². The lowest BCUT2D eigenvalue weighted by Crippen LogP contribution is -1.96. The van der Waals surface area contributed by atoms with Gasteiger partial charge >= 0.3 is 0 Å². The van der Waals surface area contributed by atoms with Crippen LogP contribution in [0, 0.1) is 6.92 Å². The smallest absolute Gasteiger partial charge is 0.126 e. The third-order valence-corrected chi connectivity index (χ3v) is 5.19. The first kappa shape index (κ1) is 17.3. The number of hydrogen-bond donors (Lipinski definition) is 0. The summed E-state index contributed by atoms with van der Waals surface area (Å²) in [6.07, 6.45) is 0. The highest BCUT2D eigenvalue weighted by molar-refractivity contribution is 6.03. The Morgan fingerprint density at radius 2 is 1.07 bits per heavy atom. The number of nitrogens with zero attached hydrogens (tertiary/aromatic N) is 2. The molecule has 0 radical (unpaired) electrons. The van der Waals surface area contributed by atoms with Crippen LogP contribution in [0.5, 0.6) is 0 Å². The fourth-order valence-electron chi connectivity index (χ4n) is 3.82. The predicted molar refractivity (Wildman–Crippen MR) is 121 cm³/mol. The second kappa shape index (κ2) is 7.33. The van der Waals surface area contributed by atoms with Crippen molar-refractivity contribution < 1.29 is 0 Å². The van der Waals surface area contributed by atoms with Crippen LogP contribution in [-0.2, 0) is 0 Å². The van der Waals surface area contributed by atoms with Gasteiger partial charge in [-0.25, -0.2) is 9.97 Å². The van der Waals surface area contributed by atoms with Crippen LogP contribution in [0.2, 0.25) is 0 Å². The van der Waals surface area contributed by atoms with E-state index in [0.29, 0.717) is 0 Å². The molecule has 4 aromatic carbocycles. The predicted octanol–water partition coefficient (Wildman–Crippen LogP) is 6.94. The molecule has 0 amide bonds. The Kier molecular flexibility index (Phi) is 4.38. The van der Waals surface area contributed by atoms with E-state index in [1.54, 1.807) is 0 Å². The first-order valence-electron chi connectivity index (χ1n) is 9.78. The average molecular weight is 372 g/mol. The van der Waals surface area contributed by atoms with Crippen molar-refractivity contribution in [2.75, 3.05) is 0 Å². The molecular weight excluding hydrogens is 352 g/mol. The molecule has 0 fully saturated rings. The van der Waals surface area contributed by atoms with Gasteiger partial charge < -0.3 is 0 Å². The molecule has 0 aliphatic rings. The zero-order valence-corrected chi connectivity index (χ0v) is 16.2. The van der Waals surface area contributed by atoms with Crippen LogP contribution in [0.25, 0.3) is 44.4 Å². The molecule has 0 saturated heterocycles. The van der Waals surface area contributed by atoms with Crippen LogP contribution in [0.15, 0.2) is 103 Å². The Labute approximate surface area is 170 Å². The summed E-state index contributed by atoms with van der Waals surface area (Å²) in [6, 6.07) is 35.8. The minimum Gasteiger partial charge on any atom is -0.233 e. The van der Waals surface area contributed by atoms with E-state index < -0.39 is 0 Å². The fourth-order valence-corrected chi connectivity index (χ4v) is 3.82. The van der Waals surface area contributed by atoms with Gasteiger partial charge in [-0.3, -0.25) is 0 Å². The highest BCUT2D eigenvalue weighted by Gasteiger charge is 2.13. The molecule has 0 unspecified atom stereocenters. The molecule has 2 nitrogen and oxygen atoms in total. The van der Waals surface area contributed by atoms with Crippen molar-refractivity contribution >= 4 is 10.9 Å². The quantitative estimate of drug-likeness (QED) is 0.343. The van der Waals surface area contributed by atoms with Crippen LogP contribution in [-0.4, -0.2) is 9.97 Å². The van der Waals surface area contributed by atoms with Gasteiger partial charge in [0, 0.05) is 10.9 Å². The summed E-state index contributed by atoms with van der Waals surface area (Å²) in [6.45, 7) is 1.95. The maximum Gasteiger partial charge on any atom is 0.126 e. The first-order chi connectivity index (χ1) is 14.3. The summed E-state index contributed by atoms with van der Waals surface area (Å²) in [7, 11) is 0. The zero-order valence-electron chi connectivity index (χ0n) is 16.2. The van der Waals surface area contributed by atoms with Gasteiger partial charge in [0.25, 0.3) is 0 Å². The fraction of sp³-hybridized carbons (Fsp3) is 0.0370. The van der Waals surface area contributed by atoms with Crippen molar-refractivity contribution in [3.8, 4) is 33.5 Å². The molecule has 1 heterocycles. The molecule has 0 atom stereocenters. The van der Waals surface area contributed by atoms with Gasteiger partial charge in [0.1, 0.15) is 5.82 Å². The number of aromatic nitrogens is 2. The van der Waals surface area contributed by atoms with E-state index >= 15 is 0 Å². The van der Waals surface area contributed by atoms with E-state index in [2.05, 4.69) is 91.0 Å². The Balaban J connectivity index is 1.70. The molecule has 29 heavy (non-hydrogen) atoms. The Bertz CT molecular complexity index is 1280. The second-order valence-corrected chi connectivity index (χ2v) is 7.13. The van der Waals surface area contributed by atoms with E-state index in [0.717, 1.165) is 33.5 Å². The minimum atomic E-state index is 0.785. The van der Waals surface area contributed by atoms with Crippen molar-refractivity contribution in [1.82, 2.24) is 9.97 Å². The van der Waals surface area contributed by atoms with E-state index in [1.807, 2.05) is 19.1 Å². The van der Waals surface area contributed by atoms with Crippen molar-refractivity contribution in [3.05, 3.63) is 109 Å². The molecule has 0 saturated carbocycles. The van der Waals surface area contributed by atoms with Gasteiger partial charge in [-0.15, -0.1) is 0 Å². The monoisotopic (exact) mass is 372 g/mol. The summed E-state index contributed by atoms with van der Waals surface area (Å²) in [5, 5.41) is 1.09. The molecule has 5 aromatic rings. The van der Waals surface area contributed by atoms with E-state index in [-0.39, 0.29) is 0 Å². The van der Waals surface area contributed by atoms with Crippen molar-refractivity contribution in [3.63, 3.8) is 0 Å². The SMILES string of the molecule is Cc1nc(-c2ccccc2)c2c(-c3ccc(-c4ccccc4)cc3)cccc2n1. The summed E-state index contributed by atoms with van der Waals surface area (Å²) in [5.74, 6) is 0.785. The van der Waals surface area contributed by atoms with Crippen LogP contribution in [0.1, 0.15) is 5.82 Å². The molecule has 1 aromatic heterocycles. The van der Waals surface area contributed by atoms with Crippen LogP contribution in [0.4, 0.5) is 0 Å². The van der Waals surface area contributed by atoms with E-state index in [9.17, 15) is 0 Å². The number of aryl methyl sites for hydroxylation is 1. The molecule has 0 bridgehead atoms. The number of hydrogen-bond acceptors (Lipinski definition) is 2. The molecule has 5 rings (SSSR count). The van der Waals surface area contributed by atoms with Gasteiger partial charge in [-0.1, -0.05) is 97.1 Å². The lowest BCUT2D eigenvalue weighted by Gasteiger charge is -2.13. The molecule has 2 heteroatoms. The number of benzene rings is 4.